The molecule has 0 aliphatic rings. The molecule has 0 fully saturated rings. The maximum absolute atomic E-state index is 9.39. The largest absolute Gasteiger partial charge is 0.508 e. The molecule has 1 N–H and O–H groups in total. The highest BCUT2D eigenvalue weighted by atomic mass is 16.3. The first-order valence-corrected chi connectivity index (χ1v) is 5.51. The van der Waals surface area contributed by atoms with Gasteiger partial charge in [0.2, 0.25) is 0 Å². The lowest BCUT2D eigenvalue weighted by Crippen LogP contribution is -1.99. The van der Waals surface area contributed by atoms with Gasteiger partial charge in [-0.15, -0.1) is 0 Å². The molecule has 1 aromatic heterocycles. The first-order chi connectivity index (χ1) is 8.31. The van der Waals surface area contributed by atoms with Gasteiger partial charge in [0.15, 0.2) is 0 Å². The Morgan fingerprint density at radius 2 is 1.88 bits per heavy atom. The van der Waals surface area contributed by atoms with Gasteiger partial charge in [-0.2, -0.15) is 5.10 Å². The highest BCUT2D eigenvalue weighted by molar-refractivity contribution is 5.79. The van der Waals surface area contributed by atoms with E-state index in [2.05, 4.69) is 17.2 Å². The minimum atomic E-state index is 0.275. The van der Waals surface area contributed by atoms with Crippen molar-refractivity contribution in [3.8, 4) is 5.75 Å². The van der Waals surface area contributed by atoms with Crippen LogP contribution in [0.25, 0.3) is 10.9 Å². The van der Waals surface area contributed by atoms with Gasteiger partial charge in [0.25, 0.3) is 0 Å². The van der Waals surface area contributed by atoms with Crippen LogP contribution in [0, 0.1) is 0 Å². The van der Waals surface area contributed by atoms with E-state index < -0.39 is 0 Å². The quantitative estimate of drug-likeness (QED) is 0.726. The van der Waals surface area contributed by atoms with Crippen LogP contribution in [0.4, 0.5) is 0 Å². The van der Waals surface area contributed by atoms with Crippen molar-refractivity contribution >= 4 is 10.9 Å². The molecule has 0 amide bonds. The minimum Gasteiger partial charge on any atom is -0.508 e. The summed E-state index contributed by atoms with van der Waals surface area (Å²) in [5, 5.41) is 14.8. The molecule has 0 atom stereocenters. The second kappa shape index (κ2) is 3.94. The first kappa shape index (κ1) is 9.90. The smallest absolute Gasteiger partial charge is 0.116 e. The highest BCUT2D eigenvalue weighted by Gasteiger charge is 2.01. The Morgan fingerprint density at radius 3 is 2.71 bits per heavy atom. The van der Waals surface area contributed by atoms with Crippen molar-refractivity contribution in [1.29, 1.82) is 0 Å². The lowest BCUT2D eigenvalue weighted by Gasteiger charge is -2.00. The maximum Gasteiger partial charge on any atom is 0.116 e. The number of hydrogen-bond donors (Lipinski definition) is 1. The molecule has 3 rings (SSSR count). The van der Waals surface area contributed by atoms with Crippen molar-refractivity contribution in [1.82, 2.24) is 9.78 Å². The summed E-state index contributed by atoms with van der Waals surface area (Å²) in [5.74, 6) is 0.275. The van der Waals surface area contributed by atoms with E-state index >= 15 is 0 Å². The van der Waals surface area contributed by atoms with Gasteiger partial charge >= 0.3 is 0 Å². The summed E-state index contributed by atoms with van der Waals surface area (Å²) < 4.78 is 1.89. The Bertz CT molecular complexity index is 644. The Labute approximate surface area is 98.9 Å². The summed E-state index contributed by atoms with van der Waals surface area (Å²) >= 11 is 0. The van der Waals surface area contributed by atoms with Crippen LogP contribution in [-0.4, -0.2) is 14.9 Å². The lowest BCUT2D eigenvalue weighted by molar-refractivity contribution is 0.476. The van der Waals surface area contributed by atoms with Crippen LogP contribution in [0.3, 0.4) is 0 Å². The molecule has 3 nitrogen and oxygen atoms in total. The molecule has 0 saturated carbocycles. The normalized spacial score (nSPS) is 10.8. The van der Waals surface area contributed by atoms with Crippen LogP contribution >= 0.6 is 0 Å². The second-order valence-corrected chi connectivity index (χ2v) is 4.06. The molecule has 84 valence electrons. The SMILES string of the molecule is Oc1ccc2nn(Cc3ccccc3)cc2c1. The van der Waals surface area contributed by atoms with Gasteiger partial charge in [0, 0.05) is 11.6 Å². The predicted molar refractivity (Wildman–Crippen MR) is 66.9 cm³/mol. The number of hydrogen-bond acceptors (Lipinski definition) is 2. The fourth-order valence-corrected chi connectivity index (χ4v) is 1.92. The van der Waals surface area contributed by atoms with Gasteiger partial charge in [0.1, 0.15) is 5.75 Å². The molecule has 0 unspecified atom stereocenters. The van der Waals surface area contributed by atoms with Gasteiger partial charge in [-0.25, -0.2) is 0 Å². The summed E-state index contributed by atoms with van der Waals surface area (Å²) in [6.07, 6.45) is 1.95. The first-order valence-electron chi connectivity index (χ1n) is 5.51. The third-order valence-electron chi connectivity index (χ3n) is 2.72. The topological polar surface area (TPSA) is 38.1 Å². The number of nitrogens with zero attached hydrogens (tertiary/aromatic N) is 2. The van der Waals surface area contributed by atoms with E-state index in [0.29, 0.717) is 0 Å². The zero-order valence-electron chi connectivity index (χ0n) is 9.24. The Kier molecular flexibility index (Phi) is 2.29. The number of aromatic hydroxyl groups is 1. The third kappa shape index (κ3) is 1.99. The van der Waals surface area contributed by atoms with E-state index in [4.69, 9.17) is 0 Å². The molecule has 3 heteroatoms. The van der Waals surface area contributed by atoms with Crippen molar-refractivity contribution in [2.45, 2.75) is 6.54 Å². The van der Waals surface area contributed by atoms with Gasteiger partial charge < -0.3 is 5.11 Å². The fourth-order valence-electron chi connectivity index (χ4n) is 1.92. The fraction of sp³-hybridized carbons (Fsp3) is 0.0714. The molecule has 0 spiro atoms. The second-order valence-electron chi connectivity index (χ2n) is 4.06. The van der Waals surface area contributed by atoms with Crippen molar-refractivity contribution in [2.75, 3.05) is 0 Å². The van der Waals surface area contributed by atoms with Crippen LogP contribution < -0.4 is 0 Å². The van der Waals surface area contributed by atoms with Gasteiger partial charge in [-0.05, 0) is 23.8 Å². The van der Waals surface area contributed by atoms with Crippen molar-refractivity contribution in [3.05, 3.63) is 60.3 Å². The average Bonchev–Trinajstić information content (AvgIpc) is 2.71. The summed E-state index contributed by atoms with van der Waals surface area (Å²) in [7, 11) is 0. The predicted octanol–water partition coefficient (Wildman–Crippen LogP) is 2.79. The average molecular weight is 224 g/mol. The molecule has 0 bridgehead atoms. The standard InChI is InChI=1S/C14H12N2O/c17-13-6-7-14-12(8-13)10-16(15-14)9-11-4-2-1-3-5-11/h1-8,10,17H,9H2. The molecule has 3 aromatic rings. The van der Waals surface area contributed by atoms with Gasteiger partial charge in [-0.1, -0.05) is 30.3 Å². The Morgan fingerprint density at radius 1 is 1.06 bits per heavy atom. The number of fused-ring (bicyclic) bond motifs is 1. The van der Waals surface area contributed by atoms with Crippen LogP contribution in [-0.2, 0) is 6.54 Å². The molecule has 0 saturated heterocycles. The molecule has 2 aromatic carbocycles. The van der Waals surface area contributed by atoms with E-state index in [-0.39, 0.29) is 5.75 Å². The van der Waals surface area contributed by atoms with E-state index in [1.807, 2.05) is 35.1 Å². The number of aromatic nitrogens is 2. The highest BCUT2D eigenvalue weighted by Crippen LogP contribution is 2.18. The van der Waals surface area contributed by atoms with Crippen molar-refractivity contribution < 1.29 is 5.11 Å². The summed E-state index contributed by atoms with van der Waals surface area (Å²) in [6, 6.07) is 15.4. The number of phenols is 1. The van der Waals surface area contributed by atoms with E-state index in [1.54, 1.807) is 12.1 Å². The van der Waals surface area contributed by atoms with Gasteiger partial charge in [0.05, 0.1) is 12.1 Å². The number of benzene rings is 2. The molecule has 17 heavy (non-hydrogen) atoms. The van der Waals surface area contributed by atoms with Crippen LogP contribution in [0.2, 0.25) is 0 Å². The molecule has 1 heterocycles. The Hall–Kier alpha value is -2.29. The van der Waals surface area contributed by atoms with Crippen LogP contribution in [0.15, 0.2) is 54.7 Å². The Balaban J connectivity index is 1.96. The molecule has 0 aliphatic heterocycles. The third-order valence-corrected chi connectivity index (χ3v) is 2.72. The van der Waals surface area contributed by atoms with Crippen LogP contribution in [0.1, 0.15) is 5.56 Å². The summed E-state index contributed by atoms with van der Waals surface area (Å²) in [5.41, 5.74) is 2.11. The molecule has 0 radical (unpaired) electrons. The number of rotatable bonds is 2. The van der Waals surface area contributed by atoms with Crippen molar-refractivity contribution in [2.24, 2.45) is 0 Å². The number of phenolic OH excluding ortho intramolecular Hbond substituents is 1. The summed E-state index contributed by atoms with van der Waals surface area (Å²) in [6.45, 7) is 0.746. The van der Waals surface area contributed by atoms with Crippen LogP contribution in [0.5, 0.6) is 5.75 Å². The van der Waals surface area contributed by atoms with E-state index in [1.165, 1.54) is 5.56 Å². The minimum absolute atomic E-state index is 0.275. The molecular weight excluding hydrogens is 212 g/mol. The zero-order valence-corrected chi connectivity index (χ0v) is 9.24. The maximum atomic E-state index is 9.39. The summed E-state index contributed by atoms with van der Waals surface area (Å²) in [4.78, 5) is 0. The van der Waals surface area contributed by atoms with Crippen molar-refractivity contribution in [3.63, 3.8) is 0 Å². The van der Waals surface area contributed by atoms with E-state index in [9.17, 15) is 5.11 Å². The zero-order chi connectivity index (χ0) is 11.7. The molecular formula is C14H12N2O. The van der Waals surface area contributed by atoms with Gasteiger partial charge in [-0.3, -0.25) is 4.68 Å². The molecule has 0 aliphatic carbocycles. The lowest BCUT2D eigenvalue weighted by atomic mass is 10.2. The van der Waals surface area contributed by atoms with E-state index in [0.717, 1.165) is 17.4 Å². The monoisotopic (exact) mass is 224 g/mol.